The molecular formula is C16H29NO2. The molecule has 0 aromatic rings. The normalized spacial score (nSPS) is 24.6. The van der Waals surface area contributed by atoms with E-state index in [-0.39, 0.29) is 5.41 Å². The van der Waals surface area contributed by atoms with Crippen LogP contribution in [0.4, 0.5) is 0 Å². The van der Waals surface area contributed by atoms with Crippen molar-refractivity contribution in [2.45, 2.75) is 71.3 Å². The predicted octanol–water partition coefficient (Wildman–Crippen LogP) is 2.97. The van der Waals surface area contributed by atoms with Crippen molar-refractivity contribution in [3.05, 3.63) is 0 Å². The van der Waals surface area contributed by atoms with Gasteiger partial charge in [-0.05, 0) is 31.6 Å². The maximum Gasteiger partial charge on any atom is 0.228 e. The van der Waals surface area contributed by atoms with Crippen molar-refractivity contribution in [2.75, 3.05) is 13.1 Å². The second kappa shape index (κ2) is 5.43. The largest absolute Gasteiger partial charge is 0.386 e. The van der Waals surface area contributed by atoms with Crippen molar-refractivity contribution in [3.63, 3.8) is 0 Å². The number of nitrogens with zero attached hydrogens (tertiary/aromatic N) is 1. The first-order valence-electron chi connectivity index (χ1n) is 7.93. The van der Waals surface area contributed by atoms with Crippen molar-refractivity contribution in [2.24, 2.45) is 11.3 Å². The van der Waals surface area contributed by atoms with E-state index in [4.69, 9.17) is 0 Å². The number of carbonyl (C=O) groups is 1. The zero-order valence-electron chi connectivity index (χ0n) is 12.7. The van der Waals surface area contributed by atoms with Gasteiger partial charge in [-0.15, -0.1) is 0 Å². The molecular weight excluding hydrogens is 238 g/mol. The van der Waals surface area contributed by atoms with Crippen LogP contribution in [-0.4, -0.2) is 34.6 Å². The lowest BCUT2D eigenvalue weighted by atomic mass is 9.75. The van der Waals surface area contributed by atoms with E-state index in [9.17, 15) is 9.90 Å². The van der Waals surface area contributed by atoms with E-state index in [2.05, 4.69) is 20.8 Å². The summed E-state index contributed by atoms with van der Waals surface area (Å²) >= 11 is 0. The van der Waals surface area contributed by atoms with Crippen LogP contribution < -0.4 is 0 Å². The van der Waals surface area contributed by atoms with E-state index in [0.717, 1.165) is 32.1 Å². The van der Waals surface area contributed by atoms with Crippen LogP contribution in [0.25, 0.3) is 0 Å². The van der Waals surface area contributed by atoms with Gasteiger partial charge in [0.1, 0.15) is 0 Å². The quantitative estimate of drug-likeness (QED) is 0.832. The Hall–Kier alpha value is -0.570. The number of carbonyl (C=O) groups excluding carboxylic acids is 1. The van der Waals surface area contributed by atoms with Crippen molar-refractivity contribution in [1.82, 2.24) is 4.90 Å². The molecule has 0 aromatic carbocycles. The van der Waals surface area contributed by atoms with Gasteiger partial charge in [-0.1, -0.05) is 40.0 Å². The van der Waals surface area contributed by atoms with E-state index >= 15 is 0 Å². The maximum absolute atomic E-state index is 12.8. The summed E-state index contributed by atoms with van der Waals surface area (Å²) in [5.41, 5.74) is -0.705. The zero-order valence-corrected chi connectivity index (χ0v) is 12.7. The molecule has 0 spiro atoms. The Balaban J connectivity index is 1.98. The number of rotatable bonds is 5. The molecule has 0 atom stereocenters. The molecule has 3 heteroatoms. The monoisotopic (exact) mass is 267 g/mol. The number of amides is 1. The minimum Gasteiger partial charge on any atom is -0.386 e. The minimum atomic E-state index is -0.595. The topological polar surface area (TPSA) is 40.5 Å². The third-order valence-electron chi connectivity index (χ3n) is 4.79. The molecule has 1 saturated heterocycles. The summed E-state index contributed by atoms with van der Waals surface area (Å²) in [5.74, 6) is 0.886. The van der Waals surface area contributed by atoms with Crippen LogP contribution in [0, 0.1) is 11.3 Å². The molecule has 0 radical (unpaired) electrons. The Morgan fingerprint density at radius 3 is 2.32 bits per heavy atom. The summed E-state index contributed by atoms with van der Waals surface area (Å²) in [6, 6.07) is 0. The predicted molar refractivity (Wildman–Crippen MR) is 76.8 cm³/mol. The number of aliphatic hydroxyl groups is 1. The van der Waals surface area contributed by atoms with Gasteiger partial charge in [0, 0.05) is 5.41 Å². The summed E-state index contributed by atoms with van der Waals surface area (Å²) in [5, 5.41) is 10.2. The Bertz CT molecular complexity index is 326. The summed E-state index contributed by atoms with van der Waals surface area (Å²) in [6.45, 7) is 7.60. The van der Waals surface area contributed by atoms with Crippen LogP contribution in [0.15, 0.2) is 0 Å². The molecule has 1 amide bonds. The van der Waals surface area contributed by atoms with Gasteiger partial charge in [0.15, 0.2) is 0 Å². The van der Waals surface area contributed by atoms with Gasteiger partial charge in [-0.2, -0.15) is 0 Å². The molecule has 1 saturated carbocycles. The van der Waals surface area contributed by atoms with Gasteiger partial charge >= 0.3 is 0 Å². The molecule has 0 aromatic heterocycles. The van der Waals surface area contributed by atoms with E-state index in [1.807, 2.05) is 4.90 Å². The van der Waals surface area contributed by atoms with E-state index < -0.39 is 5.60 Å². The Morgan fingerprint density at radius 2 is 1.84 bits per heavy atom. The molecule has 110 valence electrons. The summed E-state index contributed by atoms with van der Waals surface area (Å²) < 4.78 is 0. The van der Waals surface area contributed by atoms with Gasteiger partial charge in [0.25, 0.3) is 0 Å². The molecule has 1 N–H and O–H groups in total. The van der Waals surface area contributed by atoms with Crippen LogP contribution in [0.3, 0.4) is 0 Å². The van der Waals surface area contributed by atoms with Crippen LogP contribution in [0.5, 0.6) is 0 Å². The molecule has 1 aliphatic heterocycles. The number of hydrogen-bond donors (Lipinski definition) is 1. The standard InChI is InChI=1S/C16H29NO2/c1-4-7-16(19)11-17(12-16)14(18)15(10-13(2)3)8-5-6-9-15/h13,19H,4-12H2,1-3H3. The lowest BCUT2D eigenvalue weighted by Crippen LogP contribution is -2.65. The molecule has 19 heavy (non-hydrogen) atoms. The van der Waals surface area contributed by atoms with E-state index in [0.29, 0.717) is 24.9 Å². The average molecular weight is 267 g/mol. The first-order valence-corrected chi connectivity index (χ1v) is 7.93. The van der Waals surface area contributed by atoms with Gasteiger partial charge < -0.3 is 10.0 Å². The minimum absolute atomic E-state index is 0.109. The first-order chi connectivity index (χ1) is 8.91. The second-order valence-electron chi connectivity index (χ2n) is 7.22. The molecule has 2 fully saturated rings. The average Bonchev–Trinajstić information content (AvgIpc) is 2.74. The summed E-state index contributed by atoms with van der Waals surface area (Å²) in [7, 11) is 0. The lowest BCUT2D eigenvalue weighted by Gasteiger charge is -2.49. The van der Waals surface area contributed by atoms with Crippen molar-refractivity contribution < 1.29 is 9.90 Å². The van der Waals surface area contributed by atoms with Gasteiger partial charge in [0.05, 0.1) is 18.7 Å². The number of hydrogen-bond acceptors (Lipinski definition) is 2. The summed E-state index contributed by atoms with van der Waals surface area (Å²) in [6.07, 6.45) is 7.27. The highest BCUT2D eigenvalue weighted by Gasteiger charge is 2.50. The van der Waals surface area contributed by atoms with Crippen LogP contribution in [0.2, 0.25) is 0 Å². The SMILES string of the molecule is CCCC1(O)CN(C(=O)C2(CC(C)C)CCCC2)C1. The zero-order chi connectivity index (χ0) is 14.1. The molecule has 2 aliphatic rings. The molecule has 1 aliphatic carbocycles. The Morgan fingerprint density at radius 1 is 1.26 bits per heavy atom. The van der Waals surface area contributed by atoms with Gasteiger partial charge in [-0.25, -0.2) is 0 Å². The van der Waals surface area contributed by atoms with Crippen molar-refractivity contribution >= 4 is 5.91 Å². The highest BCUT2D eigenvalue weighted by Crippen LogP contribution is 2.46. The van der Waals surface area contributed by atoms with Crippen LogP contribution in [0.1, 0.15) is 65.7 Å². The van der Waals surface area contributed by atoms with Gasteiger partial charge in [-0.3, -0.25) is 4.79 Å². The van der Waals surface area contributed by atoms with E-state index in [1.54, 1.807) is 0 Å². The lowest BCUT2D eigenvalue weighted by molar-refractivity contribution is -0.167. The van der Waals surface area contributed by atoms with Crippen LogP contribution >= 0.6 is 0 Å². The number of β-amino-alcohol motifs (C(OH)–C–C–N with tert-alkyl or cyclic N) is 1. The highest BCUT2D eigenvalue weighted by molar-refractivity contribution is 5.84. The molecule has 0 bridgehead atoms. The van der Waals surface area contributed by atoms with Crippen molar-refractivity contribution in [3.8, 4) is 0 Å². The smallest absolute Gasteiger partial charge is 0.228 e. The third kappa shape index (κ3) is 2.96. The first kappa shape index (κ1) is 14.8. The van der Waals surface area contributed by atoms with Gasteiger partial charge in [0.2, 0.25) is 5.91 Å². The molecule has 2 rings (SSSR count). The third-order valence-corrected chi connectivity index (χ3v) is 4.79. The molecule has 3 nitrogen and oxygen atoms in total. The second-order valence-corrected chi connectivity index (χ2v) is 7.22. The fourth-order valence-electron chi connectivity index (χ4n) is 4.11. The Kier molecular flexibility index (Phi) is 4.24. The van der Waals surface area contributed by atoms with Crippen LogP contribution in [-0.2, 0) is 4.79 Å². The molecule has 1 heterocycles. The fourth-order valence-corrected chi connectivity index (χ4v) is 4.11. The molecule has 0 unspecified atom stereocenters. The Labute approximate surface area is 117 Å². The summed E-state index contributed by atoms with van der Waals surface area (Å²) in [4.78, 5) is 14.7. The van der Waals surface area contributed by atoms with Crippen molar-refractivity contribution in [1.29, 1.82) is 0 Å². The maximum atomic E-state index is 12.8. The number of likely N-dealkylation sites (tertiary alicyclic amines) is 1. The van der Waals surface area contributed by atoms with E-state index in [1.165, 1.54) is 12.8 Å². The fraction of sp³-hybridized carbons (Fsp3) is 0.938. The highest BCUT2D eigenvalue weighted by atomic mass is 16.3.